The molecule has 0 bridgehead atoms. The zero-order valence-corrected chi connectivity index (χ0v) is 18.8. The van der Waals surface area contributed by atoms with Crippen molar-refractivity contribution in [1.29, 1.82) is 0 Å². The number of nitrogens with zero attached hydrogens (tertiary/aromatic N) is 2. The topological polar surface area (TPSA) is 70.8 Å². The number of carbonyl (C=O) groups is 1. The lowest BCUT2D eigenvalue weighted by Crippen LogP contribution is -2.35. The van der Waals surface area contributed by atoms with Gasteiger partial charge in [-0.25, -0.2) is 8.42 Å². The van der Waals surface area contributed by atoms with E-state index in [1.54, 1.807) is 40.5 Å². The lowest BCUT2D eigenvalue weighted by atomic mass is 10.1. The van der Waals surface area contributed by atoms with Gasteiger partial charge in [-0.15, -0.1) is 0 Å². The summed E-state index contributed by atoms with van der Waals surface area (Å²) >= 11 is 0. The second-order valence-corrected chi connectivity index (χ2v) is 10.1. The first-order valence-electron chi connectivity index (χ1n) is 10.7. The van der Waals surface area contributed by atoms with Gasteiger partial charge in [0.2, 0.25) is 15.9 Å². The van der Waals surface area contributed by atoms with Crippen molar-refractivity contribution in [3.63, 3.8) is 0 Å². The second-order valence-electron chi connectivity index (χ2n) is 8.15. The molecule has 1 fully saturated rings. The van der Waals surface area contributed by atoms with Crippen LogP contribution in [-0.4, -0.2) is 43.7 Å². The Kier molecular flexibility index (Phi) is 6.16. The first-order valence-corrected chi connectivity index (χ1v) is 12.1. The van der Waals surface area contributed by atoms with Gasteiger partial charge < -0.3 is 9.32 Å². The van der Waals surface area contributed by atoms with Gasteiger partial charge in [-0.2, -0.15) is 4.31 Å². The molecular formula is C24H28N2O4S. The summed E-state index contributed by atoms with van der Waals surface area (Å²) in [6, 6.07) is 16.2. The molecule has 1 unspecified atom stereocenters. The number of carbonyl (C=O) groups excluding carboxylic acids is 1. The number of benzene rings is 2. The molecule has 0 spiro atoms. The monoisotopic (exact) mass is 440 g/mol. The van der Waals surface area contributed by atoms with Gasteiger partial charge in [0.05, 0.1) is 17.4 Å². The number of piperidine rings is 1. The Morgan fingerprint density at radius 2 is 1.74 bits per heavy atom. The molecule has 0 aliphatic carbocycles. The minimum Gasteiger partial charge on any atom is -0.459 e. The minimum absolute atomic E-state index is 0.0559. The number of rotatable bonds is 6. The van der Waals surface area contributed by atoms with E-state index in [4.69, 9.17) is 4.42 Å². The molecule has 3 aromatic rings. The van der Waals surface area contributed by atoms with Gasteiger partial charge in [0.15, 0.2) is 0 Å². The highest BCUT2D eigenvalue weighted by Crippen LogP contribution is 2.27. The lowest BCUT2D eigenvalue weighted by Gasteiger charge is -2.26. The van der Waals surface area contributed by atoms with Crippen molar-refractivity contribution in [3.8, 4) is 0 Å². The maximum absolute atomic E-state index is 12.8. The van der Waals surface area contributed by atoms with Crippen LogP contribution in [0.2, 0.25) is 0 Å². The number of furan rings is 1. The van der Waals surface area contributed by atoms with E-state index in [-0.39, 0.29) is 23.3 Å². The highest BCUT2D eigenvalue weighted by atomic mass is 32.2. The molecule has 1 aliphatic heterocycles. The molecule has 2 heterocycles. The standard InChI is InChI=1S/C24H28N2O4S/c1-18(23-17-20-8-4-5-9-22(20)30-23)25(2)24(27)16-19-10-12-21(13-11-19)31(28,29)26-14-6-3-7-15-26/h4-5,8-13,17-18H,3,6-7,14-16H2,1-2H3. The summed E-state index contributed by atoms with van der Waals surface area (Å²) in [6.07, 6.45) is 3.08. The Bertz CT molecular complexity index is 1130. The summed E-state index contributed by atoms with van der Waals surface area (Å²) in [4.78, 5) is 14.8. The lowest BCUT2D eigenvalue weighted by molar-refractivity contribution is -0.131. The summed E-state index contributed by atoms with van der Waals surface area (Å²) in [5.74, 6) is 0.680. The van der Waals surface area contributed by atoms with Crippen LogP contribution >= 0.6 is 0 Å². The van der Waals surface area contributed by atoms with Crippen LogP contribution in [-0.2, 0) is 21.2 Å². The highest BCUT2D eigenvalue weighted by Gasteiger charge is 2.26. The molecular weight excluding hydrogens is 412 g/mol. The Labute approximate surface area is 183 Å². The third-order valence-electron chi connectivity index (χ3n) is 6.06. The maximum atomic E-state index is 12.8. The molecule has 31 heavy (non-hydrogen) atoms. The quantitative estimate of drug-likeness (QED) is 0.571. The van der Waals surface area contributed by atoms with Gasteiger partial charge in [-0.05, 0) is 49.6 Å². The van der Waals surface area contributed by atoms with Crippen molar-refractivity contribution in [1.82, 2.24) is 9.21 Å². The van der Waals surface area contributed by atoms with Crippen LogP contribution in [0.3, 0.4) is 0 Å². The fourth-order valence-electron chi connectivity index (χ4n) is 3.95. The molecule has 1 aliphatic rings. The second kappa shape index (κ2) is 8.85. The molecule has 0 saturated carbocycles. The molecule has 1 atom stereocenters. The van der Waals surface area contributed by atoms with Crippen molar-refractivity contribution >= 4 is 26.9 Å². The molecule has 0 radical (unpaired) electrons. The number of likely N-dealkylation sites (N-methyl/N-ethyl adjacent to an activating group) is 1. The van der Waals surface area contributed by atoms with Crippen LogP contribution in [0.5, 0.6) is 0 Å². The van der Waals surface area contributed by atoms with Gasteiger partial charge >= 0.3 is 0 Å². The SMILES string of the molecule is CC(c1cc2ccccc2o1)N(C)C(=O)Cc1ccc(S(=O)(=O)N2CCCCC2)cc1. The summed E-state index contributed by atoms with van der Waals surface area (Å²) in [5.41, 5.74) is 1.59. The van der Waals surface area contributed by atoms with E-state index >= 15 is 0 Å². The van der Waals surface area contributed by atoms with Crippen molar-refractivity contribution < 1.29 is 17.6 Å². The predicted octanol–water partition coefficient (Wildman–Crippen LogP) is 4.37. The Morgan fingerprint density at radius 1 is 1.06 bits per heavy atom. The van der Waals surface area contributed by atoms with Crippen LogP contribution in [0, 0.1) is 0 Å². The fraction of sp³-hybridized carbons (Fsp3) is 0.375. The summed E-state index contributed by atoms with van der Waals surface area (Å²) in [5, 5.41) is 1.01. The van der Waals surface area contributed by atoms with Crippen LogP contribution in [0.4, 0.5) is 0 Å². The van der Waals surface area contributed by atoms with Gasteiger partial charge in [-0.1, -0.05) is 36.8 Å². The van der Waals surface area contributed by atoms with Crippen LogP contribution < -0.4 is 0 Å². The Morgan fingerprint density at radius 3 is 2.42 bits per heavy atom. The molecule has 1 saturated heterocycles. The largest absolute Gasteiger partial charge is 0.459 e. The van der Waals surface area contributed by atoms with E-state index in [1.165, 1.54) is 0 Å². The molecule has 7 heteroatoms. The van der Waals surface area contributed by atoms with Gasteiger partial charge in [0.1, 0.15) is 11.3 Å². The first-order chi connectivity index (χ1) is 14.9. The fourth-order valence-corrected chi connectivity index (χ4v) is 5.47. The van der Waals surface area contributed by atoms with E-state index in [0.29, 0.717) is 13.1 Å². The normalized spacial score (nSPS) is 16.3. The third-order valence-corrected chi connectivity index (χ3v) is 7.98. The summed E-state index contributed by atoms with van der Waals surface area (Å²) in [7, 11) is -1.70. The van der Waals surface area contributed by atoms with Crippen LogP contribution in [0.1, 0.15) is 43.6 Å². The average molecular weight is 441 g/mol. The zero-order valence-electron chi connectivity index (χ0n) is 18.0. The molecule has 2 aromatic carbocycles. The number of fused-ring (bicyclic) bond motifs is 1. The summed E-state index contributed by atoms with van der Waals surface area (Å²) in [6.45, 7) is 3.09. The van der Waals surface area contributed by atoms with Gasteiger partial charge in [0.25, 0.3) is 0 Å². The Balaban J connectivity index is 1.43. The van der Waals surface area contributed by atoms with E-state index < -0.39 is 10.0 Å². The average Bonchev–Trinajstić information content (AvgIpc) is 3.23. The zero-order chi connectivity index (χ0) is 22.0. The number of amides is 1. The first kappa shape index (κ1) is 21.6. The molecule has 4 rings (SSSR count). The number of para-hydroxylation sites is 1. The molecule has 1 amide bonds. The Hall–Kier alpha value is -2.64. The highest BCUT2D eigenvalue weighted by molar-refractivity contribution is 7.89. The number of hydrogen-bond acceptors (Lipinski definition) is 4. The third kappa shape index (κ3) is 4.52. The molecule has 1 aromatic heterocycles. The maximum Gasteiger partial charge on any atom is 0.243 e. The smallest absolute Gasteiger partial charge is 0.243 e. The van der Waals surface area contributed by atoms with Crippen molar-refractivity contribution in [3.05, 3.63) is 65.9 Å². The molecule has 6 nitrogen and oxygen atoms in total. The van der Waals surface area contributed by atoms with Crippen molar-refractivity contribution in [2.45, 2.75) is 43.5 Å². The van der Waals surface area contributed by atoms with Gasteiger partial charge in [0, 0.05) is 25.5 Å². The van der Waals surface area contributed by atoms with Gasteiger partial charge in [-0.3, -0.25) is 4.79 Å². The number of sulfonamides is 1. The summed E-state index contributed by atoms with van der Waals surface area (Å²) < 4.78 is 33.0. The van der Waals surface area contributed by atoms with Crippen molar-refractivity contribution in [2.24, 2.45) is 0 Å². The van der Waals surface area contributed by atoms with Crippen LogP contribution in [0.25, 0.3) is 11.0 Å². The molecule has 0 N–H and O–H groups in total. The van der Waals surface area contributed by atoms with Crippen molar-refractivity contribution in [2.75, 3.05) is 20.1 Å². The predicted molar refractivity (Wildman–Crippen MR) is 120 cm³/mol. The van der Waals surface area contributed by atoms with Crippen LogP contribution in [0.15, 0.2) is 63.9 Å². The van der Waals surface area contributed by atoms with E-state index in [0.717, 1.165) is 41.6 Å². The van der Waals surface area contributed by atoms with E-state index in [9.17, 15) is 13.2 Å². The van der Waals surface area contributed by atoms with E-state index in [1.807, 2.05) is 37.3 Å². The van der Waals surface area contributed by atoms with E-state index in [2.05, 4.69) is 0 Å². The minimum atomic E-state index is -3.46. The number of hydrogen-bond donors (Lipinski definition) is 0. The molecule has 164 valence electrons.